The van der Waals surface area contributed by atoms with Crippen LogP contribution in [0.15, 0.2) is 52.3 Å². The molecule has 2 heterocycles. The molecule has 2 aromatic rings. The van der Waals surface area contributed by atoms with Crippen LogP contribution in [0.1, 0.15) is 37.3 Å². The van der Waals surface area contributed by atoms with Gasteiger partial charge in [-0.25, -0.2) is 0 Å². The van der Waals surface area contributed by atoms with Crippen LogP contribution in [0.3, 0.4) is 0 Å². The first kappa shape index (κ1) is 17.9. The molecule has 2 atom stereocenters. The fourth-order valence-corrected chi connectivity index (χ4v) is 5.69. The van der Waals surface area contributed by atoms with Crippen molar-refractivity contribution in [2.45, 2.75) is 48.9 Å². The maximum absolute atomic E-state index is 2.68. The minimum absolute atomic E-state index is 0.654. The van der Waals surface area contributed by atoms with E-state index in [2.05, 4.69) is 80.1 Å². The predicted octanol–water partition coefficient (Wildman–Crippen LogP) is 5.41. The van der Waals surface area contributed by atoms with Crippen molar-refractivity contribution in [3.8, 4) is 0 Å². The Balaban J connectivity index is 1.62. The van der Waals surface area contributed by atoms with Crippen LogP contribution in [-0.2, 0) is 0 Å². The summed E-state index contributed by atoms with van der Waals surface area (Å²) in [5.74, 6) is 1.40. The van der Waals surface area contributed by atoms with Crippen molar-refractivity contribution >= 4 is 17.4 Å². The highest BCUT2D eigenvalue weighted by Crippen LogP contribution is 2.49. The molecule has 0 spiro atoms. The number of piperidine rings is 1. The number of benzene rings is 2. The van der Waals surface area contributed by atoms with Gasteiger partial charge in [-0.3, -0.25) is 0 Å². The zero-order chi connectivity index (χ0) is 18.3. The number of aryl methyl sites for hydroxylation is 1. The zero-order valence-corrected chi connectivity index (χ0v) is 17.2. The van der Waals surface area contributed by atoms with Gasteiger partial charge in [0.1, 0.15) is 0 Å². The maximum atomic E-state index is 2.68. The second kappa shape index (κ2) is 7.28. The lowest BCUT2D eigenvalue weighted by molar-refractivity contribution is 0.177. The topological polar surface area (TPSA) is 6.48 Å². The molecule has 0 amide bonds. The summed E-state index contributed by atoms with van der Waals surface area (Å²) in [5.41, 5.74) is 4.35. The van der Waals surface area contributed by atoms with E-state index in [-0.39, 0.29) is 0 Å². The van der Waals surface area contributed by atoms with Gasteiger partial charge in [0.15, 0.2) is 0 Å². The summed E-state index contributed by atoms with van der Waals surface area (Å²) in [6.45, 7) is 10.5. The van der Waals surface area contributed by atoms with Gasteiger partial charge in [-0.1, -0.05) is 55.4 Å². The van der Waals surface area contributed by atoms with Crippen LogP contribution in [0.2, 0.25) is 0 Å². The number of rotatable bonds is 4. The summed E-state index contributed by atoms with van der Waals surface area (Å²) in [7, 11) is 2.31. The molecule has 4 rings (SSSR count). The minimum Gasteiger partial charge on any atom is -0.370 e. The molecular weight excluding hydrogens is 336 g/mol. The van der Waals surface area contributed by atoms with E-state index >= 15 is 0 Å². The average Bonchev–Trinajstić information content (AvgIpc) is 2.90. The smallest absolute Gasteiger partial charge is 0.0544 e. The number of likely N-dealkylation sites (tertiary alicyclic amines) is 1. The lowest BCUT2D eigenvalue weighted by Gasteiger charge is -2.38. The molecule has 2 aliphatic heterocycles. The van der Waals surface area contributed by atoms with Crippen LogP contribution in [0.25, 0.3) is 0 Å². The van der Waals surface area contributed by atoms with Gasteiger partial charge in [0.05, 0.1) is 5.69 Å². The van der Waals surface area contributed by atoms with Gasteiger partial charge in [-0.05, 0) is 43.0 Å². The van der Waals surface area contributed by atoms with E-state index in [1.54, 1.807) is 5.56 Å². The molecule has 2 aliphatic rings. The first-order chi connectivity index (χ1) is 12.5. The van der Waals surface area contributed by atoms with E-state index in [0.717, 1.165) is 5.92 Å². The minimum atomic E-state index is 0.654. The fourth-order valence-electron chi connectivity index (χ4n) is 4.66. The molecule has 1 saturated heterocycles. The average molecular weight is 367 g/mol. The number of hydrogen-bond donors (Lipinski definition) is 0. The van der Waals surface area contributed by atoms with Crippen molar-refractivity contribution in [1.82, 2.24) is 4.90 Å². The lowest BCUT2D eigenvalue weighted by atomic mass is 9.89. The van der Waals surface area contributed by atoms with Gasteiger partial charge in [0, 0.05) is 48.4 Å². The van der Waals surface area contributed by atoms with Crippen molar-refractivity contribution in [3.63, 3.8) is 0 Å². The highest BCUT2D eigenvalue weighted by molar-refractivity contribution is 7.99. The number of likely N-dealkylation sites (N-methyl/N-ethyl adjacent to an activating group) is 1. The van der Waals surface area contributed by atoms with Crippen LogP contribution in [0, 0.1) is 12.8 Å². The van der Waals surface area contributed by atoms with Crippen LogP contribution in [0.5, 0.6) is 0 Å². The van der Waals surface area contributed by atoms with E-state index in [1.807, 2.05) is 11.8 Å². The van der Waals surface area contributed by atoms with Crippen molar-refractivity contribution in [3.05, 3.63) is 53.6 Å². The van der Waals surface area contributed by atoms with Gasteiger partial charge >= 0.3 is 0 Å². The molecule has 0 unspecified atom stereocenters. The molecule has 0 radical (unpaired) electrons. The van der Waals surface area contributed by atoms with E-state index < -0.39 is 0 Å². The number of para-hydroxylation sites is 1. The van der Waals surface area contributed by atoms with Crippen molar-refractivity contribution < 1.29 is 0 Å². The number of fused-ring (bicyclic) bond motifs is 3. The van der Waals surface area contributed by atoms with Crippen molar-refractivity contribution in [1.29, 1.82) is 0 Å². The first-order valence-corrected chi connectivity index (χ1v) is 10.7. The van der Waals surface area contributed by atoms with E-state index in [0.29, 0.717) is 12.0 Å². The third kappa shape index (κ3) is 3.39. The Hall–Kier alpha value is -1.45. The molecule has 1 fully saturated rings. The normalized spacial score (nSPS) is 22.6. The lowest BCUT2D eigenvalue weighted by Crippen LogP contribution is -2.46. The summed E-state index contributed by atoms with van der Waals surface area (Å²) in [5, 5.41) is 0. The van der Waals surface area contributed by atoms with Crippen LogP contribution >= 0.6 is 11.8 Å². The Labute approximate surface area is 162 Å². The van der Waals surface area contributed by atoms with Gasteiger partial charge in [0.2, 0.25) is 0 Å². The van der Waals surface area contributed by atoms with Crippen LogP contribution in [-0.4, -0.2) is 37.6 Å². The van der Waals surface area contributed by atoms with Gasteiger partial charge in [-0.2, -0.15) is 0 Å². The second-order valence-corrected chi connectivity index (χ2v) is 9.45. The van der Waals surface area contributed by atoms with E-state index in [4.69, 9.17) is 0 Å². The highest BCUT2D eigenvalue weighted by Gasteiger charge is 2.41. The summed E-state index contributed by atoms with van der Waals surface area (Å²) < 4.78 is 0. The van der Waals surface area contributed by atoms with Gasteiger partial charge in [-0.15, -0.1) is 0 Å². The Morgan fingerprint density at radius 1 is 1.12 bits per heavy atom. The molecule has 2 nitrogen and oxygen atoms in total. The predicted molar refractivity (Wildman–Crippen MR) is 113 cm³/mol. The SMILES string of the molecule is Cc1ccc(Sc2cccc3c2N(C)[C@H]2CCN(CC(C)C)C[C@H]32)cc1. The highest BCUT2D eigenvalue weighted by atomic mass is 32.2. The van der Waals surface area contributed by atoms with Crippen LogP contribution < -0.4 is 4.90 Å². The second-order valence-electron chi connectivity index (χ2n) is 8.34. The Bertz CT molecular complexity index is 768. The summed E-state index contributed by atoms with van der Waals surface area (Å²) in [6, 6.07) is 16.5. The van der Waals surface area contributed by atoms with Crippen LogP contribution in [0.4, 0.5) is 5.69 Å². The third-order valence-corrected chi connectivity index (χ3v) is 6.87. The number of hydrogen-bond acceptors (Lipinski definition) is 3. The van der Waals surface area contributed by atoms with E-state index in [9.17, 15) is 0 Å². The molecule has 26 heavy (non-hydrogen) atoms. The number of nitrogens with zero attached hydrogens (tertiary/aromatic N) is 2. The summed E-state index contributed by atoms with van der Waals surface area (Å²) >= 11 is 1.91. The first-order valence-electron chi connectivity index (χ1n) is 9.85. The molecule has 3 heteroatoms. The molecule has 0 saturated carbocycles. The standard InChI is InChI=1S/C23H30N2S/c1-16(2)14-25-13-12-21-20(15-25)19-6-5-7-22(23(19)24(21)4)26-18-10-8-17(3)9-11-18/h5-11,16,20-21H,12-15H2,1-4H3/t20-,21+/m1/s1. The summed E-state index contributed by atoms with van der Waals surface area (Å²) in [4.78, 5) is 7.98. The fraction of sp³-hybridized carbons (Fsp3) is 0.478. The monoisotopic (exact) mass is 366 g/mol. The molecule has 2 aromatic carbocycles. The Morgan fingerprint density at radius 3 is 2.62 bits per heavy atom. The molecule has 0 aromatic heterocycles. The molecular formula is C23H30N2S. The van der Waals surface area contributed by atoms with Crippen molar-refractivity contribution in [2.75, 3.05) is 31.6 Å². The Morgan fingerprint density at radius 2 is 1.88 bits per heavy atom. The zero-order valence-electron chi connectivity index (χ0n) is 16.4. The quantitative estimate of drug-likeness (QED) is 0.714. The Kier molecular flexibility index (Phi) is 5.02. The van der Waals surface area contributed by atoms with Gasteiger partial charge < -0.3 is 9.80 Å². The molecule has 0 N–H and O–H groups in total. The van der Waals surface area contributed by atoms with E-state index in [1.165, 1.54) is 47.1 Å². The molecule has 0 bridgehead atoms. The van der Waals surface area contributed by atoms with Crippen molar-refractivity contribution in [2.24, 2.45) is 5.92 Å². The summed E-state index contributed by atoms with van der Waals surface area (Å²) in [6.07, 6.45) is 1.28. The third-order valence-electron chi connectivity index (χ3n) is 5.81. The molecule has 0 aliphatic carbocycles. The molecule has 138 valence electrons. The maximum Gasteiger partial charge on any atom is 0.0544 e. The van der Waals surface area contributed by atoms with Gasteiger partial charge in [0.25, 0.3) is 0 Å². The number of anilines is 1. The largest absolute Gasteiger partial charge is 0.370 e.